The van der Waals surface area contributed by atoms with Gasteiger partial charge in [0.15, 0.2) is 6.61 Å². The molecule has 35 heavy (non-hydrogen) atoms. The van der Waals surface area contributed by atoms with Crippen molar-refractivity contribution >= 4 is 45.4 Å². The number of fused-ring (bicyclic) bond motifs is 1. The molecule has 0 saturated carbocycles. The highest BCUT2D eigenvalue weighted by Gasteiger charge is 2.08. The molecule has 4 rings (SSSR count). The van der Waals surface area contributed by atoms with E-state index in [2.05, 4.69) is 21.2 Å². The molecule has 0 aliphatic rings. The number of para-hydroxylation sites is 1. The molecule has 0 radical (unpaired) electrons. The van der Waals surface area contributed by atoms with Crippen molar-refractivity contribution in [3.63, 3.8) is 0 Å². The molecule has 0 aromatic heterocycles. The third-order valence-corrected chi connectivity index (χ3v) is 5.13. The molecule has 176 valence electrons. The Balaban J connectivity index is 1.22. The van der Waals surface area contributed by atoms with E-state index in [4.69, 9.17) is 4.74 Å². The second-order valence-electron chi connectivity index (χ2n) is 7.94. The van der Waals surface area contributed by atoms with Crippen molar-refractivity contribution in [3.8, 4) is 5.75 Å². The number of rotatable bonds is 9. The molecule has 0 bridgehead atoms. The van der Waals surface area contributed by atoms with Crippen molar-refractivity contribution in [2.24, 2.45) is 5.10 Å². The fourth-order valence-corrected chi connectivity index (χ4v) is 3.46. The monoisotopic (exact) mass is 466 g/mol. The largest absolute Gasteiger partial charge is 0.483 e. The predicted octanol–water partition coefficient (Wildman–Crippen LogP) is 5.48. The van der Waals surface area contributed by atoms with E-state index in [0.29, 0.717) is 17.1 Å². The molecule has 4 aromatic rings. The Kier molecular flexibility index (Phi) is 7.70. The molecule has 0 aliphatic carbocycles. The van der Waals surface area contributed by atoms with E-state index in [1.54, 1.807) is 6.92 Å². The van der Waals surface area contributed by atoms with Crippen LogP contribution >= 0.6 is 0 Å². The number of ether oxygens (including phenoxy) is 1. The lowest BCUT2D eigenvalue weighted by Gasteiger charge is -2.09. The zero-order chi connectivity index (χ0) is 24.5. The van der Waals surface area contributed by atoms with Crippen molar-refractivity contribution < 1.29 is 14.3 Å². The molecule has 7 heteroatoms. The lowest BCUT2D eigenvalue weighted by Crippen LogP contribution is -2.26. The number of nitrogens with zero attached hydrogens (tertiary/aromatic N) is 1. The second-order valence-corrected chi connectivity index (χ2v) is 7.94. The molecule has 3 N–H and O–H groups in total. The van der Waals surface area contributed by atoms with E-state index in [1.807, 2.05) is 97.1 Å². The first kappa shape index (κ1) is 23.5. The fraction of sp³-hybridized carbons (Fsp3) is 0.107. The van der Waals surface area contributed by atoms with Gasteiger partial charge >= 0.3 is 0 Å². The van der Waals surface area contributed by atoms with Gasteiger partial charge in [-0.25, -0.2) is 5.43 Å². The smallest absolute Gasteiger partial charge is 0.277 e. The van der Waals surface area contributed by atoms with Crippen LogP contribution in [0.5, 0.6) is 5.75 Å². The molecule has 0 fully saturated rings. The van der Waals surface area contributed by atoms with Crippen molar-refractivity contribution in [2.45, 2.75) is 13.3 Å². The summed E-state index contributed by atoms with van der Waals surface area (Å²) in [5.74, 6) is -0.00112. The van der Waals surface area contributed by atoms with Gasteiger partial charge in [0.25, 0.3) is 5.91 Å². The second kappa shape index (κ2) is 11.5. The Labute approximate surface area is 203 Å². The van der Waals surface area contributed by atoms with E-state index in [9.17, 15) is 9.59 Å². The van der Waals surface area contributed by atoms with Gasteiger partial charge in [-0.3, -0.25) is 9.59 Å². The minimum Gasteiger partial charge on any atom is -0.483 e. The molecular weight excluding hydrogens is 440 g/mol. The molecule has 0 unspecified atom stereocenters. The molecule has 0 aliphatic heterocycles. The van der Waals surface area contributed by atoms with Crippen molar-refractivity contribution in [2.75, 3.05) is 17.2 Å². The average molecular weight is 467 g/mol. The van der Waals surface area contributed by atoms with Crippen molar-refractivity contribution in [1.29, 1.82) is 0 Å². The summed E-state index contributed by atoms with van der Waals surface area (Å²) in [6.07, 6.45) is 0.0501. The standard InChI is InChI=1S/C28H26N4O3/c1-20(31-32-28(34)19-35-26-13-7-9-21-8-5-6-12-25(21)26)18-27(33)30-24-16-14-23(15-17-24)29-22-10-3-2-4-11-22/h2-17,29H,18-19H2,1H3,(H,30,33)(H,32,34). The SMILES string of the molecule is CC(CC(=O)Nc1ccc(Nc2ccccc2)cc1)=NNC(=O)COc1cccc2ccccc12. The van der Waals surface area contributed by atoms with E-state index in [-0.39, 0.29) is 18.9 Å². The number of carbonyl (C=O) groups is 2. The van der Waals surface area contributed by atoms with Gasteiger partial charge in [-0.05, 0) is 54.8 Å². The molecule has 0 heterocycles. The van der Waals surface area contributed by atoms with Gasteiger partial charge in [-0.15, -0.1) is 0 Å². The van der Waals surface area contributed by atoms with E-state index >= 15 is 0 Å². The number of hydrogen-bond acceptors (Lipinski definition) is 5. The van der Waals surface area contributed by atoms with Crippen molar-refractivity contribution in [1.82, 2.24) is 5.43 Å². The molecule has 7 nitrogen and oxygen atoms in total. The third-order valence-electron chi connectivity index (χ3n) is 5.13. The quantitative estimate of drug-likeness (QED) is 0.225. The summed E-state index contributed by atoms with van der Waals surface area (Å²) in [6, 6.07) is 30.7. The summed E-state index contributed by atoms with van der Waals surface area (Å²) >= 11 is 0. The van der Waals surface area contributed by atoms with Crippen LogP contribution in [0, 0.1) is 0 Å². The highest BCUT2D eigenvalue weighted by molar-refractivity contribution is 6.05. The zero-order valence-corrected chi connectivity index (χ0v) is 19.3. The number of nitrogens with one attached hydrogen (secondary N) is 3. The van der Waals surface area contributed by atoms with Crippen LogP contribution in [0.15, 0.2) is 102 Å². The number of carbonyl (C=O) groups excluding carboxylic acids is 2. The van der Waals surface area contributed by atoms with Crippen LogP contribution in [0.1, 0.15) is 13.3 Å². The number of hydrogen-bond donors (Lipinski definition) is 3. The summed E-state index contributed by atoms with van der Waals surface area (Å²) in [5, 5.41) is 12.1. The van der Waals surface area contributed by atoms with Gasteiger partial charge in [0, 0.05) is 28.2 Å². The van der Waals surface area contributed by atoms with Crippen molar-refractivity contribution in [3.05, 3.63) is 97.1 Å². The molecule has 4 aromatic carbocycles. The lowest BCUT2D eigenvalue weighted by atomic mass is 10.1. The summed E-state index contributed by atoms with van der Waals surface area (Å²) in [4.78, 5) is 24.5. The molecular formula is C28H26N4O3. The van der Waals surface area contributed by atoms with Crippen LogP contribution in [-0.2, 0) is 9.59 Å². The number of anilines is 3. The summed E-state index contributed by atoms with van der Waals surface area (Å²) < 4.78 is 5.65. The van der Waals surface area contributed by atoms with Gasteiger partial charge in [0.1, 0.15) is 5.75 Å². The van der Waals surface area contributed by atoms with Crippen LogP contribution in [-0.4, -0.2) is 24.1 Å². The van der Waals surface area contributed by atoms with Gasteiger partial charge in [-0.1, -0.05) is 54.6 Å². The van der Waals surface area contributed by atoms with Gasteiger partial charge in [0.05, 0.1) is 6.42 Å². The first-order valence-electron chi connectivity index (χ1n) is 11.2. The number of amides is 2. The maximum absolute atomic E-state index is 12.3. The summed E-state index contributed by atoms with van der Waals surface area (Å²) in [5.41, 5.74) is 5.49. The maximum atomic E-state index is 12.3. The van der Waals surface area contributed by atoms with Crippen LogP contribution in [0.4, 0.5) is 17.1 Å². The fourth-order valence-electron chi connectivity index (χ4n) is 3.46. The zero-order valence-electron chi connectivity index (χ0n) is 19.3. The minimum absolute atomic E-state index is 0.0501. The molecule has 0 atom stereocenters. The van der Waals surface area contributed by atoms with E-state index in [1.165, 1.54) is 0 Å². The Morgan fingerprint density at radius 3 is 2.20 bits per heavy atom. The van der Waals surface area contributed by atoms with Crippen LogP contribution in [0.3, 0.4) is 0 Å². The Bertz CT molecular complexity index is 1330. The number of benzene rings is 4. The van der Waals surface area contributed by atoms with Gasteiger partial charge in [0.2, 0.25) is 5.91 Å². The molecule has 2 amide bonds. The Morgan fingerprint density at radius 1 is 0.743 bits per heavy atom. The van der Waals surface area contributed by atoms with Crippen LogP contribution in [0.2, 0.25) is 0 Å². The third kappa shape index (κ3) is 6.91. The highest BCUT2D eigenvalue weighted by Crippen LogP contribution is 2.25. The Morgan fingerprint density at radius 2 is 1.40 bits per heavy atom. The number of hydrazone groups is 1. The molecule has 0 spiro atoms. The summed E-state index contributed by atoms with van der Waals surface area (Å²) in [7, 11) is 0. The lowest BCUT2D eigenvalue weighted by molar-refractivity contribution is -0.123. The normalized spacial score (nSPS) is 11.1. The first-order chi connectivity index (χ1) is 17.1. The van der Waals surface area contributed by atoms with E-state index < -0.39 is 5.91 Å². The van der Waals surface area contributed by atoms with Crippen LogP contribution < -0.4 is 20.8 Å². The van der Waals surface area contributed by atoms with Crippen LogP contribution in [0.25, 0.3) is 10.8 Å². The maximum Gasteiger partial charge on any atom is 0.277 e. The first-order valence-corrected chi connectivity index (χ1v) is 11.2. The molecule has 0 saturated heterocycles. The topological polar surface area (TPSA) is 91.8 Å². The Hall–Kier alpha value is -4.65. The predicted molar refractivity (Wildman–Crippen MR) is 140 cm³/mol. The highest BCUT2D eigenvalue weighted by atomic mass is 16.5. The minimum atomic E-state index is -0.404. The van der Waals surface area contributed by atoms with E-state index in [0.717, 1.165) is 22.1 Å². The average Bonchev–Trinajstić information content (AvgIpc) is 2.88. The van der Waals surface area contributed by atoms with Gasteiger partial charge in [-0.2, -0.15) is 5.10 Å². The summed E-state index contributed by atoms with van der Waals surface area (Å²) in [6.45, 7) is 1.50. The van der Waals surface area contributed by atoms with Gasteiger partial charge < -0.3 is 15.4 Å².